The van der Waals surface area contributed by atoms with E-state index in [2.05, 4.69) is 11.3 Å². The molecular formula is C17H26F2O6. The maximum atomic E-state index is 15.0. The van der Waals surface area contributed by atoms with Crippen molar-refractivity contribution in [2.75, 3.05) is 7.11 Å². The molecule has 0 radical (unpaired) electrons. The Morgan fingerprint density at radius 1 is 1.52 bits per heavy atom. The average molecular weight is 364 g/mol. The molecule has 3 N–H and O–H groups in total. The summed E-state index contributed by atoms with van der Waals surface area (Å²) < 4.78 is 39.6. The number of rotatable bonds is 6. The van der Waals surface area contributed by atoms with Crippen LogP contribution in [0.1, 0.15) is 33.6 Å². The van der Waals surface area contributed by atoms with E-state index < -0.39 is 53.4 Å². The van der Waals surface area contributed by atoms with Crippen molar-refractivity contribution in [3.8, 4) is 0 Å². The van der Waals surface area contributed by atoms with Gasteiger partial charge in [0.25, 0.3) is 0 Å². The fourth-order valence-electron chi connectivity index (χ4n) is 2.59. The normalized spacial score (nSPS) is 30.6. The summed E-state index contributed by atoms with van der Waals surface area (Å²) in [6.07, 6.45) is -2.28. The highest BCUT2D eigenvalue weighted by Crippen LogP contribution is 2.53. The lowest BCUT2D eigenvalue weighted by molar-refractivity contribution is -0.372. The van der Waals surface area contributed by atoms with Gasteiger partial charge in [-0.3, -0.25) is 0 Å². The van der Waals surface area contributed by atoms with E-state index in [1.807, 2.05) is 0 Å². The molecular weight excluding hydrogens is 338 g/mol. The van der Waals surface area contributed by atoms with Crippen LogP contribution in [0, 0.1) is 5.41 Å². The van der Waals surface area contributed by atoms with Crippen molar-refractivity contribution < 1.29 is 38.4 Å². The van der Waals surface area contributed by atoms with Crippen molar-refractivity contribution in [2.45, 2.75) is 63.6 Å². The van der Waals surface area contributed by atoms with Crippen LogP contribution >= 0.6 is 0 Å². The Labute approximate surface area is 145 Å². The van der Waals surface area contributed by atoms with Crippen molar-refractivity contribution in [1.82, 2.24) is 0 Å². The minimum atomic E-state index is -3.90. The molecule has 0 aromatic carbocycles. The first-order valence-electron chi connectivity index (χ1n) is 7.89. The monoisotopic (exact) mass is 364 g/mol. The highest BCUT2D eigenvalue weighted by atomic mass is 19.3. The van der Waals surface area contributed by atoms with E-state index in [1.54, 1.807) is 0 Å². The second-order valence-corrected chi connectivity index (χ2v) is 6.82. The molecule has 0 bridgehead atoms. The van der Waals surface area contributed by atoms with E-state index in [0.29, 0.717) is 6.08 Å². The number of ether oxygens (including phenoxy) is 2. The van der Waals surface area contributed by atoms with Crippen molar-refractivity contribution in [2.24, 2.45) is 5.41 Å². The van der Waals surface area contributed by atoms with Crippen molar-refractivity contribution in [3.05, 3.63) is 24.3 Å². The zero-order valence-corrected chi connectivity index (χ0v) is 14.8. The van der Waals surface area contributed by atoms with Crippen LogP contribution in [-0.2, 0) is 14.3 Å². The Morgan fingerprint density at radius 2 is 2.08 bits per heavy atom. The molecule has 0 unspecified atom stereocenters. The van der Waals surface area contributed by atoms with Gasteiger partial charge in [-0.05, 0) is 6.92 Å². The Bertz CT molecular complexity index is 543. The smallest absolute Gasteiger partial charge is 0.330 e. The molecule has 1 aliphatic rings. The van der Waals surface area contributed by atoms with Crippen LogP contribution in [0.3, 0.4) is 0 Å². The third-order valence-corrected chi connectivity index (χ3v) is 4.55. The van der Waals surface area contributed by atoms with Crippen LogP contribution in [0.15, 0.2) is 24.3 Å². The van der Waals surface area contributed by atoms with Gasteiger partial charge in [0.15, 0.2) is 0 Å². The van der Waals surface area contributed by atoms with Gasteiger partial charge in [-0.25, -0.2) is 4.79 Å². The van der Waals surface area contributed by atoms with E-state index in [0.717, 1.165) is 13.2 Å². The number of aliphatic hydroxyl groups is 3. The number of hydrogen-bond acceptors (Lipinski definition) is 6. The summed E-state index contributed by atoms with van der Waals surface area (Å²) in [4.78, 5) is 11.5. The number of methoxy groups -OCH3 is 1. The third kappa shape index (κ3) is 4.08. The number of aliphatic hydroxyl groups excluding tert-OH is 2. The van der Waals surface area contributed by atoms with Crippen LogP contribution in [-0.4, -0.2) is 58.4 Å². The molecule has 1 rings (SSSR count). The van der Waals surface area contributed by atoms with Crippen LogP contribution in [0.25, 0.3) is 0 Å². The van der Waals surface area contributed by atoms with Crippen LogP contribution in [0.5, 0.6) is 0 Å². The Kier molecular flexibility index (Phi) is 6.50. The summed E-state index contributed by atoms with van der Waals surface area (Å²) in [6, 6.07) is 0. The van der Waals surface area contributed by atoms with E-state index in [9.17, 15) is 28.9 Å². The zero-order chi connectivity index (χ0) is 19.6. The standard InChI is InChI=1S/C17H26F2O6/c1-6-15(3,4)17(23)16(18,19)11(8-14(22)24-5)7-12(25-17)9-13(21)10(2)20/h6,8,10,12-13,20-21,23H,1,7,9H2,2-5H3/b11-8+/t10-,12+,13-,17+/m1/s1. The largest absolute Gasteiger partial charge is 0.466 e. The molecule has 0 amide bonds. The van der Waals surface area contributed by atoms with Gasteiger partial charge in [0.2, 0.25) is 5.79 Å². The minimum Gasteiger partial charge on any atom is -0.466 e. The third-order valence-electron chi connectivity index (χ3n) is 4.55. The highest BCUT2D eigenvalue weighted by molar-refractivity contribution is 5.83. The maximum Gasteiger partial charge on any atom is 0.330 e. The lowest BCUT2D eigenvalue weighted by atomic mass is 9.74. The molecule has 0 saturated carbocycles. The molecule has 0 aromatic rings. The molecule has 0 spiro atoms. The van der Waals surface area contributed by atoms with Crippen LogP contribution in [0.2, 0.25) is 0 Å². The Balaban J connectivity index is 3.37. The van der Waals surface area contributed by atoms with Gasteiger partial charge in [0, 0.05) is 29.9 Å². The quantitative estimate of drug-likeness (QED) is 0.376. The Hall–Kier alpha value is -1.35. The number of halogens is 2. The number of carbonyl (C=O) groups excluding carboxylic acids is 1. The summed E-state index contributed by atoms with van der Waals surface area (Å²) in [5.74, 6) is -7.89. The molecule has 4 atom stereocenters. The molecule has 25 heavy (non-hydrogen) atoms. The predicted octanol–water partition coefficient (Wildman–Crippen LogP) is 1.54. The lowest BCUT2D eigenvalue weighted by Gasteiger charge is -2.51. The van der Waals surface area contributed by atoms with E-state index in [4.69, 9.17) is 4.74 Å². The molecule has 6 nitrogen and oxygen atoms in total. The molecule has 0 aliphatic carbocycles. The first-order chi connectivity index (χ1) is 11.3. The lowest BCUT2D eigenvalue weighted by Crippen LogP contribution is -2.64. The first kappa shape index (κ1) is 21.7. The van der Waals surface area contributed by atoms with Crippen molar-refractivity contribution in [1.29, 1.82) is 0 Å². The summed E-state index contributed by atoms with van der Waals surface area (Å²) in [6.45, 7) is 7.43. The van der Waals surface area contributed by atoms with Crippen LogP contribution < -0.4 is 0 Å². The van der Waals surface area contributed by atoms with Gasteiger partial charge < -0.3 is 24.8 Å². The van der Waals surface area contributed by atoms with Gasteiger partial charge in [-0.1, -0.05) is 19.9 Å². The van der Waals surface area contributed by atoms with Gasteiger partial charge >= 0.3 is 11.9 Å². The van der Waals surface area contributed by atoms with Gasteiger partial charge in [-0.2, -0.15) is 8.78 Å². The number of carbonyl (C=O) groups is 1. The number of esters is 1. The number of hydrogen-bond donors (Lipinski definition) is 3. The van der Waals surface area contributed by atoms with Crippen molar-refractivity contribution in [3.63, 3.8) is 0 Å². The molecule has 8 heteroatoms. The number of alkyl halides is 2. The molecule has 1 heterocycles. The second-order valence-electron chi connectivity index (χ2n) is 6.82. The second kappa shape index (κ2) is 7.49. The fourth-order valence-corrected chi connectivity index (χ4v) is 2.59. The minimum absolute atomic E-state index is 0.207. The molecule has 1 fully saturated rings. The summed E-state index contributed by atoms with van der Waals surface area (Å²) in [5, 5.41) is 30.0. The summed E-state index contributed by atoms with van der Waals surface area (Å²) >= 11 is 0. The summed E-state index contributed by atoms with van der Waals surface area (Å²) in [7, 11) is 1.05. The van der Waals surface area contributed by atoms with E-state index in [-0.39, 0.29) is 6.42 Å². The van der Waals surface area contributed by atoms with E-state index in [1.165, 1.54) is 20.8 Å². The average Bonchev–Trinajstić information content (AvgIpc) is 2.51. The van der Waals surface area contributed by atoms with Gasteiger partial charge in [0.1, 0.15) is 0 Å². The Morgan fingerprint density at radius 3 is 2.52 bits per heavy atom. The molecule has 1 aliphatic heterocycles. The molecule has 0 aromatic heterocycles. The summed E-state index contributed by atoms with van der Waals surface area (Å²) in [5.41, 5.74) is -2.26. The fraction of sp³-hybridized carbons (Fsp3) is 0.706. The van der Waals surface area contributed by atoms with Crippen molar-refractivity contribution >= 4 is 5.97 Å². The highest BCUT2D eigenvalue weighted by Gasteiger charge is 2.67. The molecule has 1 saturated heterocycles. The maximum absolute atomic E-state index is 15.0. The predicted molar refractivity (Wildman–Crippen MR) is 85.8 cm³/mol. The SMILES string of the molecule is C=CC(C)(C)[C@]1(O)O[C@H](C[C@@H](O)[C@@H](C)O)C/C(=C\C(=O)OC)C1(F)F. The van der Waals surface area contributed by atoms with Gasteiger partial charge in [0.05, 0.1) is 25.4 Å². The van der Waals surface area contributed by atoms with E-state index >= 15 is 0 Å². The topological polar surface area (TPSA) is 96.2 Å². The molecule has 144 valence electrons. The van der Waals surface area contributed by atoms with Crippen LogP contribution in [0.4, 0.5) is 8.78 Å². The first-order valence-corrected chi connectivity index (χ1v) is 7.89. The van der Waals surface area contributed by atoms with Gasteiger partial charge in [-0.15, -0.1) is 6.58 Å². The zero-order valence-electron chi connectivity index (χ0n) is 14.8.